The van der Waals surface area contributed by atoms with E-state index in [0.717, 1.165) is 32.6 Å². The summed E-state index contributed by atoms with van der Waals surface area (Å²) in [5.74, 6) is 0. The van der Waals surface area contributed by atoms with Gasteiger partial charge in [-0.3, -0.25) is 0 Å². The van der Waals surface area contributed by atoms with Crippen LogP contribution in [0.2, 0.25) is 0 Å². The number of benzene rings is 1. The van der Waals surface area contributed by atoms with Gasteiger partial charge in [0.05, 0.1) is 16.6 Å². The van der Waals surface area contributed by atoms with Gasteiger partial charge in [-0.2, -0.15) is 5.26 Å². The molecule has 0 aliphatic heterocycles. The number of thiophene rings is 1. The fourth-order valence-electron chi connectivity index (χ4n) is 1.55. The van der Waals surface area contributed by atoms with Crippen LogP contribution >= 0.6 is 11.3 Å². The van der Waals surface area contributed by atoms with Gasteiger partial charge < -0.3 is 5.73 Å². The molecular weight excluding hydrogens is 192 g/mol. The predicted octanol–water partition coefficient (Wildman–Crippen LogP) is 2.92. The molecule has 0 aliphatic rings. The lowest BCUT2D eigenvalue weighted by Gasteiger charge is -1.99. The fraction of sp³-hybridized carbons (Fsp3) is 0.182. The van der Waals surface area contributed by atoms with Crippen molar-refractivity contribution in [1.82, 2.24) is 0 Å². The molecule has 2 aromatic rings. The van der Waals surface area contributed by atoms with Crippen molar-refractivity contribution in [3.63, 3.8) is 0 Å². The summed E-state index contributed by atoms with van der Waals surface area (Å²) in [6.07, 6.45) is 0.884. The number of nitrogens with zero attached hydrogens (tertiary/aromatic N) is 1. The van der Waals surface area contributed by atoms with E-state index in [-0.39, 0.29) is 0 Å². The Morgan fingerprint density at radius 2 is 2.21 bits per heavy atom. The zero-order valence-corrected chi connectivity index (χ0v) is 8.69. The van der Waals surface area contributed by atoms with Crippen molar-refractivity contribution in [2.75, 3.05) is 5.73 Å². The first kappa shape index (κ1) is 9.04. The molecule has 1 aromatic heterocycles. The Morgan fingerprint density at radius 3 is 2.86 bits per heavy atom. The zero-order chi connectivity index (χ0) is 10.1. The fourth-order valence-corrected chi connectivity index (χ4v) is 2.40. The predicted molar refractivity (Wildman–Crippen MR) is 60.3 cm³/mol. The van der Waals surface area contributed by atoms with Crippen LogP contribution in [0.15, 0.2) is 18.2 Å². The minimum absolute atomic E-state index is 0.766. The lowest BCUT2D eigenvalue weighted by molar-refractivity contribution is 1.13. The highest BCUT2D eigenvalue weighted by Gasteiger charge is 2.05. The van der Waals surface area contributed by atoms with Gasteiger partial charge in [0.1, 0.15) is 0 Å². The molecule has 0 amide bonds. The van der Waals surface area contributed by atoms with E-state index in [9.17, 15) is 0 Å². The van der Waals surface area contributed by atoms with Crippen molar-refractivity contribution in [1.29, 1.82) is 5.26 Å². The number of hydrogen-bond acceptors (Lipinski definition) is 3. The smallest absolute Gasteiger partial charge is 0.0995 e. The van der Waals surface area contributed by atoms with Crippen LogP contribution in [0.5, 0.6) is 0 Å². The van der Waals surface area contributed by atoms with E-state index in [1.54, 1.807) is 0 Å². The topological polar surface area (TPSA) is 49.8 Å². The second-order valence-electron chi connectivity index (χ2n) is 3.16. The number of hydrogen-bond donors (Lipinski definition) is 1. The normalized spacial score (nSPS) is 10.3. The zero-order valence-electron chi connectivity index (χ0n) is 7.87. The molecule has 2 rings (SSSR count). The first-order valence-corrected chi connectivity index (χ1v) is 5.28. The number of nitrogens with two attached hydrogens (primary N) is 1. The summed E-state index contributed by atoms with van der Waals surface area (Å²) >= 11 is 1.53. The van der Waals surface area contributed by atoms with Gasteiger partial charge >= 0.3 is 0 Å². The summed E-state index contributed by atoms with van der Waals surface area (Å²) in [5, 5.41) is 10.9. The first-order valence-electron chi connectivity index (χ1n) is 4.46. The lowest BCUT2D eigenvalue weighted by atomic mass is 10.0. The van der Waals surface area contributed by atoms with Crippen LogP contribution in [0.25, 0.3) is 10.1 Å². The Hall–Kier alpha value is -1.53. The van der Waals surface area contributed by atoms with E-state index in [4.69, 9.17) is 11.0 Å². The summed E-state index contributed by atoms with van der Waals surface area (Å²) in [6, 6.07) is 8.15. The monoisotopic (exact) mass is 202 g/mol. The molecule has 0 radical (unpaired) electrons. The molecule has 3 heteroatoms. The van der Waals surface area contributed by atoms with Crippen molar-refractivity contribution < 1.29 is 0 Å². The highest BCUT2D eigenvalue weighted by Crippen LogP contribution is 2.30. The second-order valence-corrected chi connectivity index (χ2v) is 4.28. The van der Waals surface area contributed by atoms with Crippen LogP contribution in [0.4, 0.5) is 5.00 Å². The molecule has 1 aromatic carbocycles. The maximum atomic E-state index is 8.94. The van der Waals surface area contributed by atoms with Crippen LogP contribution in [0.1, 0.15) is 18.1 Å². The van der Waals surface area contributed by atoms with Crippen molar-refractivity contribution in [2.45, 2.75) is 13.3 Å². The van der Waals surface area contributed by atoms with Crippen LogP contribution < -0.4 is 5.73 Å². The van der Waals surface area contributed by atoms with E-state index < -0.39 is 0 Å². The number of nitrogen functional groups attached to an aromatic ring is 1. The third-order valence-electron chi connectivity index (χ3n) is 2.26. The summed E-state index contributed by atoms with van der Waals surface area (Å²) < 4.78 is 1.09. The Morgan fingerprint density at radius 1 is 1.43 bits per heavy atom. The molecule has 2 nitrogen and oxygen atoms in total. The Kier molecular flexibility index (Phi) is 2.14. The average Bonchev–Trinajstić information content (AvgIpc) is 2.54. The molecule has 2 N–H and O–H groups in total. The minimum Gasteiger partial charge on any atom is -0.391 e. The molecule has 0 aliphatic carbocycles. The van der Waals surface area contributed by atoms with Crippen molar-refractivity contribution in [3.05, 3.63) is 29.3 Å². The van der Waals surface area contributed by atoms with Crippen LogP contribution in [-0.2, 0) is 6.42 Å². The van der Waals surface area contributed by atoms with Gasteiger partial charge in [-0.15, -0.1) is 11.3 Å². The van der Waals surface area contributed by atoms with E-state index in [2.05, 4.69) is 19.1 Å². The molecule has 0 saturated carbocycles. The minimum atomic E-state index is 0.766. The van der Waals surface area contributed by atoms with Crippen molar-refractivity contribution in [3.8, 4) is 6.07 Å². The average molecular weight is 202 g/mol. The standard InChI is InChI=1S/C11H10N2S/c1-2-7-3-8-5-11(13)14-10(8)4-9(7)6-12/h3-5H,2,13H2,1H3. The number of rotatable bonds is 1. The van der Waals surface area contributed by atoms with Crippen molar-refractivity contribution in [2.24, 2.45) is 0 Å². The SMILES string of the molecule is CCc1cc2cc(N)sc2cc1C#N. The Bertz CT molecular complexity index is 520. The molecule has 70 valence electrons. The summed E-state index contributed by atoms with van der Waals surface area (Å²) in [4.78, 5) is 0. The first-order chi connectivity index (χ1) is 6.74. The van der Waals surface area contributed by atoms with Gasteiger partial charge in [-0.1, -0.05) is 6.92 Å². The molecule has 14 heavy (non-hydrogen) atoms. The van der Waals surface area contributed by atoms with Gasteiger partial charge in [-0.05, 0) is 35.6 Å². The Labute approximate surface area is 86.6 Å². The Balaban J connectivity index is 2.76. The lowest BCUT2D eigenvalue weighted by Crippen LogP contribution is -1.85. The second kappa shape index (κ2) is 3.32. The largest absolute Gasteiger partial charge is 0.391 e. The van der Waals surface area contributed by atoms with Crippen LogP contribution in [-0.4, -0.2) is 0 Å². The van der Waals surface area contributed by atoms with Crippen molar-refractivity contribution >= 4 is 26.4 Å². The molecule has 0 bridgehead atoms. The van der Waals surface area contributed by atoms with Crippen LogP contribution in [0, 0.1) is 11.3 Å². The number of aryl methyl sites for hydroxylation is 1. The van der Waals surface area contributed by atoms with E-state index in [0.29, 0.717) is 0 Å². The van der Waals surface area contributed by atoms with E-state index in [1.807, 2.05) is 12.1 Å². The third kappa shape index (κ3) is 1.34. The summed E-state index contributed by atoms with van der Waals surface area (Å²) in [6.45, 7) is 2.05. The molecule has 0 fully saturated rings. The van der Waals surface area contributed by atoms with Gasteiger partial charge in [0, 0.05) is 4.70 Å². The van der Waals surface area contributed by atoms with Gasteiger partial charge in [0.2, 0.25) is 0 Å². The number of anilines is 1. The molecular formula is C11H10N2S. The molecule has 1 heterocycles. The summed E-state index contributed by atoms with van der Waals surface area (Å²) in [5.41, 5.74) is 7.57. The quantitative estimate of drug-likeness (QED) is 0.773. The van der Waals surface area contributed by atoms with E-state index in [1.165, 1.54) is 11.3 Å². The molecule has 0 atom stereocenters. The maximum Gasteiger partial charge on any atom is 0.0995 e. The summed E-state index contributed by atoms with van der Waals surface area (Å²) in [7, 11) is 0. The third-order valence-corrected chi connectivity index (χ3v) is 3.19. The molecule has 0 saturated heterocycles. The van der Waals surface area contributed by atoms with Gasteiger partial charge in [0.25, 0.3) is 0 Å². The molecule has 0 unspecified atom stereocenters. The van der Waals surface area contributed by atoms with Gasteiger partial charge in [-0.25, -0.2) is 0 Å². The van der Waals surface area contributed by atoms with E-state index >= 15 is 0 Å². The van der Waals surface area contributed by atoms with Crippen LogP contribution in [0.3, 0.4) is 0 Å². The maximum absolute atomic E-state index is 8.94. The molecule has 0 spiro atoms. The number of fused-ring (bicyclic) bond motifs is 1. The number of nitriles is 1. The highest BCUT2D eigenvalue weighted by atomic mass is 32.1. The highest BCUT2D eigenvalue weighted by molar-refractivity contribution is 7.22. The van der Waals surface area contributed by atoms with Gasteiger partial charge in [0.15, 0.2) is 0 Å².